The van der Waals surface area contributed by atoms with E-state index in [2.05, 4.69) is 25.8 Å². The van der Waals surface area contributed by atoms with Crippen molar-refractivity contribution in [3.63, 3.8) is 0 Å². The number of halogens is 1. The summed E-state index contributed by atoms with van der Waals surface area (Å²) in [4.78, 5) is 29.2. The van der Waals surface area contributed by atoms with Crippen LogP contribution >= 0.6 is 11.6 Å². The van der Waals surface area contributed by atoms with E-state index in [1.54, 1.807) is 29.8 Å². The van der Waals surface area contributed by atoms with Gasteiger partial charge in [-0.2, -0.15) is 0 Å². The fraction of sp³-hybridized carbons (Fsp3) is 0.350. The molecule has 0 spiro atoms. The molecule has 0 aliphatic rings. The third-order valence-electron chi connectivity index (χ3n) is 4.23. The number of hydrogen-bond donors (Lipinski definition) is 0. The predicted octanol–water partition coefficient (Wildman–Crippen LogP) is 3.89. The molecule has 0 amide bonds. The SMILES string of the molecule is COC(=O)c1cc(Cl)cc(-c2ccc3c(n2)n(C)c(=O)n3CC(C)(C)C)c1. The topological polar surface area (TPSA) is 66.1 Å². The number of nitrogens with zero attached hydrogens (tertiary/aromatic N) is 3. The van der Waals surface area contributed by atoms with Crippen molar-refractivity contribution < 1.29 is 9.53 Å². The Morgan fingerprint density at radius 3 is 2.56 bits per heavy atom. The Morgan fingerprint density at radius 1 is 1.22 bits per heavy atom. The standard InChI is InChI=1S/C20H22ClN3O3/c1-20(2,3)11-24-16-7-6-15(22-17(16)23(4)19(24)26)12-8-13(18(25)27-5)10-14(21)9-12/h6-10H,11H2,1-5H3. The van der Waals surface area contributed by atoms with Crippen molar-refractivity contribution in [2.24, 2.45) is 12.5 Å². The Balaban J connectivity index is 2.16. The largest absolute Gasteiger partial charge is 0.465 e. The van der Waals surface area contributed by atoms with Crippen molar-refractivity contribution in [1.29, 1.82) is 0 Å². The monoisotopic (exact) mass is 387 g/mol. The molecule has 0 saturated carbocycles. The number of pyridine rings is 1. The van der Waals surface area contributed by atoms with E-state index in [-0.39, 0.29) is 11.1 Å². The molecule has 2 heterocycles. The Bertz CT molecular complexity index is 1090. The lowest BCUT2D eigenvalue weighted by molar-refractivity contribution is 0.0601. The van der Waals surface area contributed by atoms with E-state index in [1.807, 2.05) is 12.1 Å². The van der Waals surface area contributed by atoms with Crippen LogP contribution in [0, 0.1) is 5.41 Å². The Hall–Kier alpha value is -2.60. The van der Waals surface area contributed by atoms with Crippen molar-refractivity contribution in [1.82, 2.24) is 14.1 Å². The molecule has 0 unspecified atom stereocenters. The fourth-order valence-electron chi connectivity index (χ4n) is 3.03. The molecule has 7 heteroatoms. The third kappa shape index (κ3) is 3.76. The molecule has 0 atom stereocenters. The summed E-state index contributed by atoms with van der Waals surface area (Å²) in [6, 6.07) is 8.66. The number of hydrogen-bond acceptors (Lipinski definition) is 4. The maximum Gasteiger partial charge on any atom is 0.337 e. The van der Waals surface area contributed by atoms with Crippen LogP contribution in [0.2, 0.25) is 5.02 Å². The van der Waals surface area contributed by atoms with Crippen LogP contribution in [0.4, 0.5) is 0 Å². The van der Waals surface area contributed by atoms with Gasteiger partial charge in [0.2, 0.25) is 0 Å². The maximum atomic E-state index is 12.7. The van der Waals surface area contributed by atoms with Crippen LogP contribution < -0.4 is 5.69 Å². The molecule has 0 N–H and O–H groups in total. The fourth-order valence-corrected chi connectivity index (χ4v) is 3.27. The molecule has 27 heavy (non-hydrogen) atoms. The first-order valence-corrected chi connectivity index (χ1v) is 8.94. The lowest BCUT2D eigenvalue weighted by Gasteiger charge is -2.18. The third-order valence-corrected chi connectivity index (χ3v) is 4.45. The van der Waals surface area contributed by atoms with E-state index in [0.717, 1.165) is 5.52 Å². The predicted molar refractivity (Wildman–Crippen MR) is 106 cm³/mol. The minimum absolute atomic E-state index is 0.0425. The van der Waals surface area contributed by atoms with E-state index in [9.17, 15) is 9.59 Å². The molecule has 2 aromatic heterocycles. The summed E-state index contributed by atoms with van der Waals surface area (Å²) in [6.45, 7) is 6.84. The molecular formula is C20H22ClN3O3. The highest BCUT2D eigenvalue weighted by molar-refractivity contribution is 6.31. The molecule has 0 fully saturated rings. The van der Waals surface area contributed by atoms with E-state index in [1.165, 1.54) is 11.7 Å². The van der Waals surface area contributed by atoms with Crippen molar-refractivity contribution in [2.45, 2.75) is 27.3 Å². The van der Waals surface area contributed by atoms with Crippen molar-refractivity contribution in [3.05, 3.63) is 51.4 Å². The molecule has 3 rings (SSSR count). The second-order valence-electron chi connectivity index (χ2n) is 7.75. The van der Waals surface area contributed by atoms with Gasteiger partial charge in [0.25, 0.3) is 0 Å². The van der Waals surface area contributed by atoms with E-state index in [4.69, 9.17) is 16.3 Å². The summed E-state index contributed by atoms with van der Waals surface area (Å²) in [7, 11) is 3.03. The van der Waals surface area contributed by atoms with Gasteiger partial charge < -0.3 is 4.74 Å². The molecule has 0 aliphatic carbocycles. The van der Waals surface area contributed by atoms with Crippen molar-refractivity contribution >= 4 is 28.7 Å². The molecule has 0 saturated heterocycles. The van der Waals surface area contributed by atoms with Crippen molar-refractivity contribution in [3.8, 4) is 11.3 Å². The molecule has 0 radical (unpaired) electrons. The van der Waals surface area contributed by atoms with Gasteiger partial charge in [0.15, 0.2) is 5.65 Å². The minimum atomic E-state index is -0.469. The average Bonchev–Trinajstić information content (AvgIpc) is 2.83. The summed E-state index contributed by atoms with van der Waals surface area (Å²) in [5.41, 5.74) is 2.86. The lowest BCUT2D eigenvalue weighted by Crippen LogP contribution is -2.27. The van der Waals surface area contributed by atoms with E-state index in [0.29, 0.717) is 34.0 Å². The summed E-state index contributed by atoms with van der Waals surface area (Å²) in [5, 5.41) is 0.411. The second kappa shape index (κ2) is 6.85. The number of rotatable bonds is 3. The molecule has 3 aromatic rings. The number of aryl methyl sites for hydroxylation is 1. The number of carbonyl (C=O) groups is 1. The summed E-state index contributed by atoms with van der Waals surface area (Å²) < 4.78 is 8.05. The Morgan fingerprint density at radius 2 is 1.93 bits per heavy atom. The lowest BCUT2D eigenvalue weighted by atomic mass is 9.97. The summed E-state index contributed by atoms with van der Waals surface area (Å²) in [6.07, 6.45) is 0. The minimum Gasteiger partial charge on any atom is -0.465 e. The van der Waals surface area contributed by atoms with Gasteiger partial charge in [-0.25, -0.2) is 14.6 Å². The number of carbonyl (C=O) groups excluding carboxylic acids is 1. The molecule has 0 aliphatic heterocycles. The molecule has 0 bridgehead atoms. The highest BCUT2D eigenvalue weighted by Gasteiger charge is 2.19. The van der Waals surface area contributed by atoms with Gasteiger partial charge in [0.05, 0.1) is 23.9 Å². The highest BCUT2D eigenvalue weighted by atomic mass is 35.5. The van der Waals surface area contributed by atoms with E-state index >= 15 is 0 Å². The van der Waals surface area contributed by atoms with Gasteiger partial charge in [-0.3, -0.25) is 9.13 Å². The number of ether oxygens (including phenoxy) is 1. The van der Waals surface area contributed by atoms with Gasteiger partial charge in [-0.1, -0.05) is 32.4 Å². The maximum absolute atomic E-state index is 12.7. The van der Waals surface area contributed by atoms with Crippen molar-refractivity contribution in [2.75, 3.05) is 7.11 Å². The number of aromatic nitrogens is 3. The van der Waals surface area contributed by atoms with Gasteiger partial charge in [0.1, 0.15) is 0 Å². The van der Waals surface area contributed by atoms with Gasteiger partial charge >= 0.3 is 11.7 Å². The smallest absolute Gasteiger partial charge is 0.337 e. The zero-order chi connectivity index (χ0) is 19.9. The first-order valence-electron chi connectivity index (χ1n) is 8.56. The van der Waals surface area contributed by atoms with Crippen LogP contribution in [0.3, 0.4) is 0 Å². The molecule has 142 valence electrons. The summed E-state index contributed by atoms with van der Waals surface area (Å²) in [5.74, 6) is -0.469. The first kappa shape index (κ1) is 19.2. The zero-order valence-electron chi connectivity index (χ0n) is 16.0. The quantitative estimate of drug-likeness (QED) is 0.639. The van der Waals surface area contributed by atoms with Crippen LogP contribution in [0.15, 0.2) is 35.1 Å². The summed E-state index contributed by atoms with van der Waals surface area (Å²) >= 11 is 6.16. The molecular weight excluding hydrogens is 366 g/mol. The van der Waals surface area contributed by atoms with Crippen LogP contribution in [0.25, 0.3) is 22.4 Å². The molecule has 6 nitrogen and oxygen atoms in total. The Kier molecular flexibility index (Phi) is 4.86. The molecule has 1 aromatic carbocycles. The normalized spacial score (nSPS) is 11.8. The van der Waals surface area contributed by atoms with Crippen LogP contribution in [-0.4, -0.2) is 27.2 Å². The number of benzene rings is 1. The van der Waals surface area contributed by atoms with E-state index < -0.39 is 5.97 Å². The van der Waals surface area contributed by atoms with Gasteiger partial charge in [0, 0.05) is 24.2 Å². The van der Waals surface area contributed by atoms with Crippen LogP contribution in [0.5, 0.6) is 0 Å². The van der Waals surface area contributed by atoms with Gasteiger partial charge in [-0.05, 0) is 35.7 Å². The number of methoxy groups -OCH3 is 1. The average molecular weight is 388 g/mol. The number of imidazole rings is 1. The Labute approximate surface area is 162 Å². The zero-order valence-corrected chi connectivity index (χ0v) is 16.8. The number of fused-ring (bicyclic) bond motifs is 1. The van der Waals surface area contributed by atoms with Crippen LogP contribution in [0.1, 0.15) is 31.1 Å². The first-order chi connectivity index (χ1) is 12.6. The van der Waals surface area contributed by atoms with Crippen LogP contribution in [-0.2, 0) is 18.3 Å². The highest BCUT2D eigenvalue weighted by Crippen LogP contribution is 2.26. The van der Waals surface area contributed by atoms with Gasteiger partial charge in [-0.15, -0.1) is 0 Å². The second-order valence-corrected chi connectivity index (χ2v) is 8.18. The number of esters is 1.